The van der Waals surface area contributed by atoms with Gasteiger partial charge < -0.3 is 5.11 Å². The van der Waals surface area contributed by atoms with Crippen LogP contribution >= 0.6 is 0 Å². The van der Waals surface area contributed by atoms with E-state index in [4.69, 9.17) is 5.11 Å². The SMILES string of the molecule is Cc1cccc(-c2n[nH]c3cc(C(=O)O)ccc23)c1. The first-order valence-corrected chi connectivity index (χ1v) is 5.93. The number of fused-ring (bicyclic) bond motifs is 1. The summed E-state index contributed by atoms with van der Waals surface area (Å²) in [6.45, 7) is 2.03. The van der Waals surface area contributed by atoms with Gasteiger partial charge in [-0.3, -0.25) is 5.10 Å². The van der Waals surface area contributed by atoms with Crippen molar-refractivity contribution in [1.29, 1.82) is 0 Å². The zero-order valence-electron chi connectivity index (χ0n) is 10.3. The van der Waals surface area contributed by atoms with Crippen LogP contribution in [-0.2, 0) is 0 Å². The Hall–Kier alpha value is -2.62. The van der Waals surface area contributed by atoms with Crippen LogP contribution in [0.2, 0.25) is 0 Å². The number of aromatic carboxylic acids is 1. The van der Waals surface area contributed by atoms with E-state index in [1.807, 2.05) is 25.1 Å². The molecule has 0 saturated heterocycles. The van der Waals surface area contributed by atoms with Crippen LogP contribution in [0.3, 0.4) is 0 Å². The monoisotopic (exact) mass is 252 g/mol. The maximum absolute atomic E-state index is 10.9. The van der Waals surface area contributed by atoms with Crippen LogP contribution in [0.25, 0.3) is 22.2 Å². The van der Waals surface area contributed by atoms with Crippen LogP contribution in [-0.4, -0.2) is 21.3 Å². The molecule has 0 aliphatic carbocycles. The van der Waals surface area contributed by atoms with Crippen molar-refractivity contribution in [2.24, 2.45) is 0 Å². The van der Waals surface area contributed by atoms with E-state index in [1.165, 1.54) is 0 Å². The molecule has 3 rings (SSSR count). The molecular formula is C15H12N2O2. The van der Waals surface area contributed by atoms with Gasteiger partial charge in [0, 0.05) is 10.9 Å². The number of hydrogen-bond acceptors (Lipinski definition) is 2. The molecule has 0 bridgehead atoms. The van der Waals surface area contributed by atoms with Crippen molar-refractivity contribution >= 4 is 16.9 Å². The van der Waals surface area contributed by atoms with Gasteiger partial charge in [0.25, 0.3) is 0 Å². The highest BCUT2D eigenvalue weighted by Gasteiger charge is 2.10. The first kappa shape index (κ1) is 11.5. The lowest BCUT2D eigenvalue weighted by atomic mass is 10.0. The van der Waals surface area contributed by atoms with Crippen molar-refractivity contribution in [2.45, 2.75) is 6.92 Å². The molecule has 4 nitrogen and oxygen atoms in total. The Labute approximate surface area is 109 Å². The Morgan fingerprint density at radius 1 is 1.21 bits per heavy atom. The number of aryl methyl sites for hydroxylation is 1. The van der Waals surface area contributed by atoms with Crippen LogP contribution in [0.1, 0.15) is 15.9 Å². The maximum Gasteiger partial charge on any atom is 0.335 e. The van der Waals surface area contributed by atoms with Crippen molar-refractivity contribution in [3.8, 4) is 11.3 Å². The van der Waals surface area contributed by atoms with Gasteiger partial charge in [0.05, 0.1) is 16.8 Å². The lowest BCUT2D eigenvalue weighted by molar-refractivity contribution is 0.0697. The number of nitrogens with zero attached hydrogens (tertiary/aromatic N) is 1. The summed E-state index contributed by atoms with van der Waals surface area (Å²) in [4.78, 5) is 10.9. The quantitative estimate of drug-likeness (QED) is 0.735. The fourth-order valence-corrected chi connectivity index (χ4v) is 2.17. The van der Waals surface area contributed by atoms with E-state index >= 15 is 0 Å². The minimum Gasteiger partial charge on any atom is -0.478 e. The minimum atomic E-state index is -0.936. The van der Waals surface area contributed by atoms with Gasteiger partial charge in [-0.05, 0) is 31.2 Å². The van der Waals surface area contributed by atoms with Crippen LogP contribution in [0, 0.1) is 6.92 Å². The molecule has 1 aromatic heterocycles. The molecule has 0 radical (unpaired) electrons. The van der Waals surface area contributed by atoms with E-state index < -0.39 is 5.97 Å². The Kier molecular flexibility index (Phi) is 2.56. The third-order valence-electron chi connectivity index (χ3n) is 3.10. The van der Waals surface area contributed by atoms with Crippen molar-refractivity contribution in [3.63, 3.8) is 0 Å². The minimum absolute atomic E-state index is 0.256. The van der Waals surface area contributed by atoms with Crippen molar-refractivity contribution in [1.82, 2.24) is 10.2 Å². The van der Waals surface area contributed by atoms with Crippen molar-refractivity contribution < 1.29 is 9.90 Å². The van der Waals surface area contributed by atoms with Crippen molar-refractivity contribution in [2.75, 3.05) is 0 Å². The van der Waals surface area contributed by atoms with E-state index in [0.717, 1.165) is 27.7 Å². The molecule has 3 aromatic rings. The van der Waals surface area contributed by atoms with Gasteiger partial charge in [-0.15, -0.1) is 0 Å². The summed E-state index contributed by atoms with van der Waals surface area (Å²) in [7, 11) is 0. The van der Waals surface area contributed by atoms with Gasteiger partial charge in [-0.25, -0.2) is 4.79 Å². The first-order chi connectivity index (χ1) is 9.15. The number of nitrogens with one attached hydrogen (secondary N) is 1. The molecule has 4 heteroatoms. The fourth-order valence-electron chi connectivity index (χ4n) is 2.17. The number of benzene rings is 2. The van der Waals surface area contributed by atoms with Gasteiger partial charge in [-0.2, -0.15) is 5.10 Å². The summed E-state index contributed by atoms with van der Waals surface area (Å²) in [5, 5.41) is 17.1. The molecule has 94 valence electrons. The third-order valence-corrected chi connectivity index (χ3v) is 3.10. The number of aromatic amines is 1. The molecule has 0 aliphatic heterocycles. The number of carboxylic acid groups (broad SMARTS) is 1. The number of carbonyl (C=O) groups is 1. The fraction of sp³-hybridized carbons (Fsp3) is 0.0667. The second kappa shape index (κ2) is 4.24. The second-order valence-electron chi connectivity index (χ2n) is 4.51. The second-order valence-corrected chi connectivity index (χ2v) is 4.51. The topological polar surface area (TPSA) is 66.0 Å². The number of rotatable bonds is 2. The van der Waals surface area contributed by atoms with Crippen LogP contribution in [0.5, 0.6) is 0 Å². The molecule has 0 saturated carbocycles. The largest absolute Gasteiger partial charge is 0.478 e. The molecule has 0 spiro atoms. The molecule has 0 fully saturated rings. The lowest BCUT2D eigenvalue weighted by Crippen LogP contribution is -1.94. The summed E-state index contributed by atoms with van der Waals surface area (Å²) in [5.41, 5.74) is 4.02. The van der Waals surface area contributed by atoms with E-state index in [-0.39, 0.29) is 5.56 Å². The van der Waals surface area contributed by atoms with E-state index in [9.17, 15) is 4.79 Å². The van der Waals surface area contributed by atoms with Gasteiger partial charge in [0.1, 0.15) is 0 Å². The summed E-state index contributed by atoms with van der Waals surface area (Å²) in [5.74, 6) is -0.936. The third kappa shape index (κ3) is 1.97. The average Bonchev–Trinajstić information content (AvgIpc) is 2.81. The van der Waals surface area contributed by atoms with Gasteiger partial charge >= 0.3 is 5.97 Å². The maximum atomic E-state index is 10.9. The van der Waals surface area contributed by atoms with Gasteiger partial charge in [-0.1, -0.05) is 23.8 Å². The molecule has 1 heterocycles. The number of aromatic nitrogens is 2. The molecule has 2 N–H and O–H groups in total. The normalized spacial score (nSPS) is 10.8. The molecule has 19 heavy (non-hydrogen) atoms. The van der Waals surface area contributed by atoms with E-state index in [0.29, 0.717) is 0 Å². The van der Waals surface area contributed by atoms with Crippen molar-refractivity contribution in [3.05, 3.63) is 53.6 Å². The lowest BCUT2D eigenvalue weighted by Gasteiger charge is -2.00. The first-order valence-electron chi connectivity index (χ1n) is 5.93. The van der Waals surface area contributed by atoms with E-state index in [2.05, 4.69) is 16.3 Å². The summed E-state index contributed by atoms with van der Waals surface area (Å²) < 4.78 is 0. The standard InChI is InChI=1S/C15H12N2O2/c1-9-3-2-4-10(7-9)14-12-6-5-11(15(18)19)8-13(12)16-17-14/h2-8H,1H3,(H,16,17)(H,18,19). The highest BCUT2D eigenvalue weighted by Crippen LogP contribution is 2.27. The number of H-pyrrole nitrogens is 1. The Bertz CT molecular complexity index is 775. The summed E-state index contributed by atoms with van der Waals surface area (Å²) in [6.07, 6.45) is 0. The average molecular weight is 252 g/mol. The predicted octanol–water partition coefficient (Wildman–Crippen LogP) is 3.24. The zero-order chi connectivity index (χ0) is 13.4. The van der Waals surface area contributed by atoms with Gasteiger partial charge in [0.15, 0.2) is 0 Å². The van der Waals surface area contributed by atoms with Gasteiger partial charge in [0.2, 0.25) is 0 Å². The summed E-state index contributed by atoms with van der Waals surface area (Å²) in [6, 6.07) is 13.1. The Morgan fingerprint density at radius 3 is 2.79 bits per heavy atom. The number of hydrogen-bond donors (Lipinski definition) is 2. The molecule has 0 amide bonds. The Balaban J connectivity index is 2.18. The summed E-state index contributed by atoms with van der Waals surface area (Å²) >= 11 is 0. The molecule has 0 unspecified atom stereocenters. The predicted molar refractivity (Wildman–Crippen MR) is 73.2 cm³/mol. The zero-order valence-corrected chi connectivity index (χ0v) is 10.3. The molecule has 2 aromatic carbocycles. The molecular weight excluding hydrogens is 240 g/mol. The highest BCUT2D eigenvalue weighted by atomic mass is 16.4. The molecule has 0 atom stereocenters. The van der Waals surface area contributed by atoms with E-state index in [1.54, 1.807) is 18.2 Å². The van der Waals surface area contributed by atoms with Crippen LogP contribution in [0.4, 0.5) is 0 Å². The molecule has 0 aliphatic rings. The smallest absolute Gasteiger partial charge is 0.335 e. The Morgan fingerprint density at radius 2 is 2.05 bits per heavy atom. The van der Waals surface area contributed by atoms with Crippen LogP contribution < -0.4 is 0 Å². The van der Waals surface area contributed by atoms with Crippen LogP contribution in [0.15, 0.2) is 42.5 Å². The highest BCUT2D eigenvalue weighted by molar-refractivity contribution is 5.98. The number of carboxylic acids is 1.